The molecular weight excluding hydrogens is 260 g/mol. The molecule has 1 fully saturated rings. The van der Waals surface area contributed by atoms with Crippen molar-refractivity contribution in [3.8, 4) is 0 Å². The van der Waals surface area contributed by atoms with Gasteiger partial charge in [0, 0.05) is 23.9 Å². The van der Waals surface area contributed by atoms with Gasteiger partial charge in [0.05, 0.1) is 6.10 Å². The van der Waals surface area contributed by atoms with Gasteiger partial charge in [0.15, 0.2) is 0 Å². The Labute approximate surface area is 129 Å². The van der Waals surface area contributed by atoms with Crippen LogP contribution in [0.2, 0.25) is 0 Å². The zero-order valence-electron chi connectivity index (χ0n) is 13.8. The number of aliphatic hydroxyl groups is 1. The van der Waals surface area contributed by atoms with E-state index in [-0.39, 0.29) is 11.6 Å². The molecule has 1 N–H and O–H groups in total. The normalized spacial score (nSPS) is 19.1. The molecule has 1 aliphatic rings. The Morgan fingerprint density at radius 2 is 1.86 bits per heavy atom. The molecule has 3 heteroatoms. The zero-order chi connectivity index (χ0) is 15.3. The molecule has 3 nitrogen and oxygen atoms in total. The van der Waals surface area contributed by atoms with E-state index >= 15 is 0 Å². The predicted molar refractivity (Wildman–Crippen MR) is 87.4 cm³/mol. The highest BCUT2D eigenvalue weighted by molar-refractivity contribution is 5.16. The summed E-state index contributed by atoms with van der Waals surface area (Å²) in [6.07, 6.45) is 8.00. The maximum absolute atomic E-state index is 10.9. The van der Waals surface area contributed by atoms with Crippen LogP contribution in [0.1, 0.15) is 57.7 Å². The first-order valence-electron chi connectivity index (χ1n) is 8.53. The standard InChI is InChI=1S/C18H30N2O/c1-4-15-9-10-16(19-14-15)13-17(21)18(11-7-8-12-18)20(5-2)6-3/h9-10,14,17,21H,4-8,11-13H2,1-3H3. The first-order valence-corrected chi connectivity index (χ1v) is 8.53. The lowest BCUT2D eigenvalue weighted by Gasteiger charge is -2.44. The van der Waals surface area contributed by atoms with Gasteiger partial charge in [-0.2, -0.15) is 0 Å². The van der Waals surface area contributed by atoms with Crippen LogP contribution in [0.5, 0.6) is 0 Å². The summed E-state index contributed by atoms with van der Waals surface area (Å²) in [5.74, 6) is 0. The molecule has 1 aliphatic carbocycles. The van der Waals surface area contributed by atoms with Gasteiger partial charge >= 0.3 is 0 Å². The Balaban J connectivity index is 2.12. The molecule has 0 spiro atoms. The summed E-state index contributed by atoms with van der Waals surface area (Å²) in [7, 11) is 0. The second kappa shape index (κ2) is 7.37. The lowest BCUT2D eigenvalue weighted by molar-refractivity contribution is -0.0249. The lowest BCUT2D eigenvalue weighted by Crippen LogP contribution is -2.55. The molecule has 1 heterocycles. The van der Waals surface area contributed by atoms with Crippen LogP contribution >= 0.6 is 0 Å². The van der Waals surface area contributed by atoms with Gasteiger partial charge in [-0.05, 0) is 44.0 Å². The summed E-state index contributed by atoms with van der Waals surface area (Å²) in [6, 6.07) is 4.21. The van der Waals surface area contributed by atoms with Gasteiger partial charge in [0.25, 0.3) is 0 Å². The quantitative estimate of drug-likeness (QED) is 0.838. The van der Waals surface area contributed by atoms with E-state index in [1.807, 2.05) is 6.20 Å². The molecule has 0 amide bonds. The van der Waals surface area contributed by atoms with Crippen LogP contribution in [0, 0.1) is 0 Å². The van der Waals surface area contributed by atoms with Crippen molar-refractivity contribution in [2.75, 3.05) is 13.1 Å². The van der Waals surface area contributed by atoms with Crippen molar-refractivity contribution in [2.24, 2.45) is 0 Å². The molecule has 1 saturated carbocycles. The molecule has 21 heavy (non-hydrogen) atoms. The summed E-state index contributed by atoms with van der Waals surface area (Å²) < 4.78 is 0. The maximum Gasteiger partial charge on any atom is 0.0779 e. The molecular formula is C18H30N2O. The summed E-state index contributed by atoms with van der Waals surface area (Å²) in [5, 5.41) is 10.9. The first-order chi connectivity index (χ1) is 10.2. The monoisotopic (exact) mass is 290 g/mol. The number of aryl methyl sites for hydroxylation is 1. The number of rotatable bonds is 7. The predicted octanol–water partition coefficient (Wildman–Crippen LogP) is 3.20. The van der Waals surface area contributed by atoms with E-state index in [0.717, 1.165) is 38.0 Å². The Morgan fingerprint density at radius 3 is 2.33 bits per heavy atom. The topological polar surface area (TPSA) is 36.4 Å². The smallest absolute Gasteiger partial charge is 0.0779 e. The number of hydrogen-bond acceptors (Lipinski definition) is 3. The van der Waals surface area contributed by atoms with Crippen LogP contribution in [0.25, 0.3) is 0 Å². The van der Waals surface area contributed by atoms with Crippen molar-refractivity contribution in [3.05, 3.63) is 29.6 Å². The Hall–Kier alpha value is -0.930. The van der Waals surface area contributed by atoms with Crippen LogP contribution in [0.3, 0.4) is 0 Å². The third kappa shape index (κ3) is 3.46. The molecule has 1 unspecified atom stereocenters. The second-order valence-corrected chi connectivity index (χ2v) is 6.21. The highest BCUT2D eigenvalue weighted by Crippen LogP contribution is 2.39. The largest absolute Gasteiger partial charge is 0.391 e. The SMILES string of the molecule is CCc1ccc(CC(O)C2(N(CC)CC)CCCC2)nc1. The van der Waals surface area contributed by atoms with E-state index in [4.69, 9.17) is 0 Å². The molecule has 118 valence electrons. The van der Waals surface area contributed by atoms with Gasteiger partial charge in [-0.25, -0.2) is 0 Å². The van der Waals surface area contributed by atoms with E-state index in [1.165, 1.54) is 18.4 Å². The number of aliphatic hydroxyl groups excluding tert-OH is 1. The number of aromatic nitrogens is 1. The van der Waals surface area contributed by atoms with Crippen molar-refractivity contribution in [1.29, 1.82) is 0 Å². The molecule has 1 atom stereocenters. The van der Waals surface area contributed by atoms with E-state index in [2.05, 4.69) is 42.8 Å². The number of likely N-dealkylation sites (N-methyl/N-ethyl adjacent to an activating group) is 1. The number of nitrogens with zero attached hydrogens (tertiary/aromatic N) is 2. The van der Waals surface area contributed by atoms with Crippen LogP contribution < -0.4 is 0 Å². The number of pyridine rings is 1. The Morgan fingerprint density at radius 1 is 1.19 bits per heavy atom. The van der Waals surface area contributed by atoms with Crippen LogP contribution in [0.4, 0.5) is 0 Å². The highest BCUT2D eigenvalue weighted by atomic mass is 16.3. The summed E-state index contributed by atoms with van der Waals surface area (Å²) in [6.45, 7) is 8.56. The Bertz CT molecular complexity index is 419. The first kappa shape index (κ1) is 16.4. The van der Waals surface area contributed by atoms with Gasteiger partial charge < -0.3 is 5.11 Å². The van der Waals surface area contributed by atoms with E-state index < -0.39 is 0 Å². The minimum absolute atomic E-state index is 0.0331. The minimum Gasteiger partial charge on any atom is -0.391 e. The van der Waals surface area contributed by atoms with E-state index in [0.29, 0.717) is 6.42 Å². The fourth-order valence-corrected chi connectivity index (χ4v) is 3.87. The molecule has 0 aromatic carbocycles. The van der Waals surface area contributed by atoms with Crippen molar-refractivity contribution in [1.82, 2.24) is 9.88 Å². The zero-order valence-corrected chi connectivity index (χ0v) is 13.8. The molecule has 0 radical (unpaired) electrons. The summed E-state index contributed by atoms with van der Waals surface area (Å²) in [5.41, 5.74) is 2.24. The summed E-state index contributed by atoms with van der Waals surface area (Å²) in [4.78, 5) is 6.99. The van der Waals surface area contributed by atoms with E-state index in [9.17, 15) is 5.11 Å². The highest BCUT2D eigenvalue weighted by Gasteiger charge is 2.44. The maximum atomic E-state index is 10.9. The minimum atomic E-state index is -0.320. The van der Waals surface area contributed by atoms with E-state index in [1.54, 1.807) is 0 Å². The lowest BCUT2D eigenvalue weighted by atomic mass is 9.85. The average molecular weight is 290 g/mol. The van der Waals surface area contributed by atoms with Gasteiger partial charge in [0.2, 0.25) is 0 Å². The fraction of sp³-hybridized carbons (Fsp3) is 0.722. The number of hydrogen-bond donors (Lipinski definition) is 1. The fourth-order valence-electron chi connectivity index (χ4n) is 3.87. The van der Waals surface area contributed by atoms with Crippen LogP contribution in [0.15, 0.2) is 18.3 Å². The summed E-state index contributed by atoms with van der Waals surface area (Å²) >= 11 is 0. The van der Waals surface area contributed by atoms with Crippen LogP contribution in [-0.4, -0.2) is 39.7 Å². The molecule has 0 bridgehead atoms. The third-order valence-electron chi connectivity index (χ3n) is 5.18. The van der Waals surface area contributed by atoms with Gasteiger partial charge in [-0.3, -0.25) is 9.88 Å². The average Bonchev–Trinajstić information content (AvgIpc) is 3.00. The van der Waals surface area contributed by atoms with Crippen molar-refractivity contribution >= 4 is 0 Å². The van der Waals surface area contributed by atoms with Crippen molar-refractivity contribution in [3.63, 3.8) is 0 Å². The van der Waals surface area contributed by atoms with Gasteiger partial charge in [-0.15, -0.1) is 0 Å². The second-order valence-electron chi connectivity index (χ2n) is 6.21. The molecule has 1 aromatic heterocycles. The van der Waals surface area contributed by atoms with Crippen molar-refractivity contribution in [2.45, 2.75) is 70.9 Å². The van der Waals surface area contributed by atoms with Gasteiger partial charge in [0.1, 0.15) is 0 Å². The molecule has 0 saturated heterocycles. The van der Waals surface area contributed by atoms with Crippen molar-refractivity contribution < 1.29 is 5.11 Å². The molecule has 2 rings (SSSR count). The third-order valence-corrected chi connectivity index (χ3v) is 5.18. The van der Waals surface area contributed by atoms with Crippen LogP contribution in [-0.2, 0) is 12.8 Å². The Kier molecular flexibility index (Phi) is 5.77. The molecule has 0 aliphatic heterocycles. The molecule has 1 aromatic rings. The van der Waals surface area contributed by atoms with Gasteiger partial charge in [-0.1, -0.05) is 39.7 Å².